The number of hydrogen-bond acceptors (Lipinski definition) is 1. The lowest BCUT2D eigenvalue weighted by molar-refractivity contribution is -0.684. The van der Waals surface area contributed by atoms with E-state index in [0.717, 1.165) is 0 Å². The van der Waals surface area contributed by atoms with E-state index in [9.17, 15) is 4.79 Å². The SMILES string of the molecule is Cc1cccc(C)c1CC(=O)C[n+]1cccc(C2CCCCC2)c1.[Br-]. The van der Waals surface area contributed by atoms with Crippen LogP contribution < -0.4 is 21.5 Å². The molecule has 1 aromatic heterocycles. The second kappa shape index (κ2) is 9.28. The van der Waals surface area contributed by atoms with Crippen LogP contribution in [0.15, 0.2) is 42.7 Å². The minimum absolute atomic E-state index is 0. The smallest absolute Gasteiger partial charge is 0.206 e. The van der Waals surface area contributed by atoms with Gasteiger partial charge in [0.1, 0.15) is 0 Å². The van der Waals surface area contributed by atoms with Crippen molar-refractivity contribution in [3.63, 3.8) is 0 Å². The number of hydrogen-bond donors (Lipinski definition) is 0. The first-order chi connectivity index (χ1) is 11.6. The first-order valence-electron chi connectivity index (χ1n) is 9.19. The molecule has 0 amide bonds. The fraction of sp³-hybridized carbons (Fsp3) is 0.455. The van der Waals surface area contributed by atoms with E-state index in [0.29, 0.717) is 18.9 Å². The Morgan fingerprint density at radius 2 is 1.72 bits per heavy atom. The third-order valence-corrected chi connectivity index (χ3v) is 5.34. The van der Waals surface area contributed by atoms with Gasteiger partial charge in [0.2, 0.25) is 12.3 Å². The van der Waals surface area contributed by atoms with Crippen LogP contribution in [0.2, 0.25) is 0 Å². The lowest BCUT2D eigenvalue weighted by Gasteiger charge is -2.20. The average molecular weight is 402 g/mol. The third kappa shape index (κ3) is 5.24. The molecule has 3 heteroatoms. The molecule has 1 aliphatic rings. The summed E-state index contributed by atoms with van der Waals surface area (Å²) >= 11 is 0. The van der Waals surface area contributed by atoms with Crippen LogP contribution in [0.3, 0.4) is 0 Å². The Labute approximate surface area is 162 Å². The molecule has 134 valence electrons. The topological polar surface area (TPSA) is 20.9 Å². The summed E-state index contributed by atoms with van der Waals surface area (Å²) in [6, 6.07) is 10.6. The fourth-order valence-electron chi connectivity index (χ4n) is 3.90. The number of pyridine rings is 1. The van der Waals surface area contributed by atoms with Gasteiger partial charge in [-0.3, -0.25) is 4.79 Å². The van der Waals surface area contributed by atoms with Crippen molar-refractivity contribution in [1.29, 1.82) is 0 Å². The number of nitrogens with zero attached hydrogens (tertiary/aromatic N) is 1. The second-order valence-electron chi connectivity index (χ2n) is 7.23. The summed E-state index contributed by atoms with van der Waals surface area (Å²) in [5.74, 6) is 0.957. The Bertz CT molecular complexity index is 699. The van der Waals surface area contributed by atoms with E-state index >= 15 is 0 Å². The van der Waals surface area contributed by atoms with E-state index in [-0.39, 0.29) is 22.8 Å². The Morgan fingerprint density at radius 1 is 1.04 bits per heavy atom. The number of benzene rings is 1. The van der Waals surface area contributed by atoms with Gasteiger partial charge in [0.15, 0.2) is 12.4 Å². The third-order valence-electron chi connectivity index (χ3n) is 5.34. The molecular weight excluding hydrogens is 374 g/mol. The zero-order chi connectivity index (χ0) is 16.9. The molecule has 3 rings (SSSR count). The monoisotopic (exact) mass is 401 g/mol. The number of aromatic nitrogens is 1. The summed E-state index contributed by atoms with van der Waals surface area (Å²) in [6.07, 6.45) is 11.4. The van der Waals surface area contributed by atoms with Crippen LogP contribution >= 0.6 is 0 Å². The van der Waals surface area contributed by atoms with Crippen LogP contribution in [-0.2, 0) is 17.8 Å². The molecule has 25 heavy (non-hydrogen) atoms. The van der Waals surface area contributed by atoms with Crippen LogP contribution in [0, 0.1) is 13.8 Å². The van der Waals surface area contributed by atoms with Gasteiger partial charge < -0.3 is 17.0 Å². The van der Waals surface area contributed by atoms with Crippen LogP contribution in [0.1, 0.15) is 60.3 Å². The maximum Gasteiger partial charge on any atom is 0.206 e. The first-order valence-corrected chi connectivity index (χ1v) is 9.19. The maximum absolute atomic E-state index is 12.6. The van der Waals surface area contributed by atoms with Gasteiger partial charge in [-0.1, -0.05) is 37.5 Å². The van der Waals surface area contributed by atoms with Gasteiger partial charge in [-0.2, -0.15) is 4.57 Å². The van der Waals surface area contributed by atoms with Gasteiger partial charge in [0.05, 0.1) is 0 Å². The van der Waals surface area contributed by atoms with Gasteiger partial charge in [0, 0.05) is 18.1 Å². The lowest BCUT2D eigenvalue weighted by Crippen LogP contribution is -3.00. The highest BCUT2D eigenvalue weighted by Crippen LogP contribution is 2.31. The van der Waals surface area contributed by atoms with Crippen molar-refractivity contribution in [2.75, 3.05) is 0 Å². The van der Waals surface area contributed by atoms with Gasteiger partial charge >= 0.3 is 0 Å². The molecule has 0 saturated heterocycles. The Morgan fingerprint density at radius 3 is 2.40 bits per heavy atom. The van der Waals surface area contributed by atoms with Crippen LogP contribution in [0.5, 0.6) is 0 Å². The van der Waals surface area contributed by atoms with Crippen molar-refractivity contribution >= 4 is 5.78 Å². The van der Waals surface area contributed by atoms with E-state index in [4.69, 9.17) is 0 Å². The molecule has 1 aromatic carbocycles. The standard InChI is InChI=1S/C22H28NO.BrH/c1-17-8-6-9-18(2)22(17)14-21(24)16-23-13-7-12-20(15-23)19-10-4-3-5-11-19;/h6-9,12-13,15,19H,3-5,10-11,14,16H2,1-2H3;1H/q+1;/p-1. The first kappa shape index (κ1) is 19.8. The van der Waals surface area contributed by atoms with E-state index in [1.165, 1.54) is 54.4 Å². The predicted octanol–water partition coefficient (Wildman–Crippen LogP) is 1.45. The minimum atomic E-state index is 0. The van der Waals surface area contributed by atoms with Crippen molar-refractivity contribution in [3.8, 4) is 0 Å². The van der Waals surface area contributed by atoms with Crippen molar-refractivity contribution in [2.24, 2.45) is 0 Å². The van der Waals surface area contributed by atoms with E-state index < -0.39 is 0 Å². The molecule has 0 spiro atoms. The maximum atomic E-state index is 12.6. The summed E-state index contributed by atoms with van der Waals surface area (Å²) in [5.41, 5.74) is 5.01. The quantitative estimate of drug-likeness (QED) is 0.694. The molecular formula is C22H28BrNO. The number of carbonyl (C=O) groups excluding carboxylic acids is 1. The highest BCUT2D eigenvalue weighted by Gasteiger charge is 2.19. The molecule has 0 aliphatic heterocycles. The molecule has 0 N–H and O–H groups in total. The molecule has 0 radical (unpaired) electrons. The van der Waals surface area contributed by atoms with Crippen molar-refractivity contribution < 1.29 is 26.3 Å². The minimum Gasteiger partial charge on any atom is -1.00 e. The van der Waals surface area contributed by atoms with Gasteiger partial charge in [-0.25, -0.2) is 0 Å². The molecule has 1 heterocycles. The summed E-state index contributed by atoms with van der Waals surface area (Å²) in [4.78, 5) is 12.6. The highest BCUT2D eigenvalue weighted by molar-refractivity contribution is 5.80. The molecule has 1 fully saturated rings. The zero-order valence-corrected chi connectivity index (χ0v) is 16.9. The van der Waals surface area contributed by atoms with Gasteiger partial charge in [0.25, 0.3) is 0 Å². The summed E-state index contributed by atoms with van der Waals surface area (Å²) < 4.78 is 2.07. The van der Waals surface area contributed by atoms with Crippen LogP contribution in [-0.4, -0.2) is 5.78 Å². The second-order valence-corrected chi connectivity index (χ2v) is 7.23. The van der Waals surface area contributed by atoms with Gasteiger partial charge in [-0.15, -0.1) is 0 Å². The lowest BCUT2D eigenvalue weighted by atomic mass is 9.85. The molecule has 0 atom stereocenters. The molecule has 2 aromatic rings. The molecule has 1 saturated carbocycles. The van der Waals surface area contributed by atoms with Crippen LogP contribution in [0.4, 0.5) is 0 Å². The molecule has 0 bridgehead atoms. The fourth-order valence-corrected chi connectivity index (χ4v) is 3.90. The Balaban J connectivity index is 0.00000225. The molecule has 1 aliphatic carbocycles. The summed E-state index contributed by atoms with van der Waals surface area (Å²) in [7, 11) is 0. The van der Waals surface area contributed by atoms with Crippen LogP contribution in [0.25, 0.3) is 0 Å². The van der Waals surface area contributed by atoms with E-state index in [1.807, 2.05) is 6.20 Å². The predicted molar refractivity (Wildman–Crippen MR) is 97.1 cm³/mol. The van der Waals surface area contributed by atoms with Crippen molar-refractivity contribution in [1.82, 2.24) is 0 Å². The average Bonchev–Trinajstić information content (AvgIpc) is 2.59. The summed E-state index contributed by atoms with van der Waals surface area (Å²) in [5, 5.41) is 0. The molecule has 0 unspecified atom stereocenters. The number of carbonyl (C=O) groups is 1. The summed E-state index contributed by atoms with van der Waals surface area (Å²) in [6.45, 7) is 4.65. The van der Waals surface area contributed by atoms with Gasteiger partial charge in [-0.05, 0) is 55.4 Å². The number of aryl methyl sites for hydroxylation is 2. The number of ketones is 1. The van der Waals surface area contributed by atoms with Crippen molar-refractivity contribution in [2.45, 2.75) is 64.8 Å². The number of rotatable bonds is 5. The highest BCUT2D eigenvalue weighted by atomic mass is 79.9. The normalized spacial score (nSPS) is 14.8. The zero-order valence-electron chi connectivity index (χ0n) is 15.3. The van der Waals surface area contributed by atoms with E-state index in [2.05, 4.69) is 54.9 Å². The Kier molecular flexibility index (Phi) is 7.37. The molecule has 2 nitrogen and oxygen atoms in total. The van der Waals surface area contributed by atoms with Crippen molar-refractivity contribution in [3.05, 3.63) is 65.0 Å². The number of Topliss-reactive ketones (excluding diaryl/α,β-unsaturated/α-hetero) is 1. The van der Waals surface area contributed by atoms with E-state index in [1.54, 1.807) is 0 Å². The number of halogens is 1. The largest absolute Gasteiger partial charge is 1.00 e. The Hall–Kier alpha value is -1.48.